The Balaban J connectivity index is 0.926. The van der Waals surface area contributed by atoms with Gasteiger partial charge in [0.1, 0.15) is 6.07 Å². The quantitative estimate of drug-likeness (QED) is 0.140. The Morgan fingerprint density at radius 3 is 0.616 bits per heavy atom. The van der Waals surface area contributed by atoms with Crippen molar-refractivity contribution in [2.75, 3.05) is 0 Å². The number of para-hydroxylation sites is 8. The molecule has 0 bridgehead atoms. The van der Waals surface area contributed by atoms with E-state index < -0.39 is 0 Å². The molecule has 0 aliphatic rings. The fraction of sp³-hybridized carbons (Fsp3) is 0. The first-order chi connectivity index (χ1) is 42.6. The number of aromatic nitrogens is 4. The third-order valence-electron chi connectivity index (χ3n) is 17.7. The summed E-state index contributed by atoms with van der Waals surface area (Å²) < 4.78 is 9.26. The minimum absolute atomic E-state index is 0.459. The van der Waals surface area contributed by atoms with Crippen molar-refractivity contribution in [3.63, 3.8) is 0 Å². The average molecular weight is 1090 g/mol. The van der Waals surface area contributed by atoms with Crippen LogP contribution in [0.15, 0.2) is 291 Å². The van der Waals surface area contributed by atoms with Crippen molar-refractivity contribution < 1.29 is 0 Å². The summed E-state index contributed by atoms with van der Waals surface area (Å²) in [6.45, 7) is 9.53. The predicted octanol–water partition coefficient (Wildman–Crippen LogP) is 21.2. The van der Waals surface area contributed by atoms with Crippen LogP contribution in [0.3, 0.4) is 0 Å². The van der Waals surface area contributed by atoms with Gasteiger partial charge in [-0.15, -0.1) is 0 Å². The molecule has 398 valence electrons. The van der Waals surface area contributed by atoms with Gasteiger partial charge in [0.2, 0.25) is 5.69 Å². The number of nitrogens with zero attached hydrogens (tertiary/aromatic N) is 6. The van der Waals surface area contributed by atoms with Crippen LogP contribution in [0.25, 0.3) is 159 Å². The van der Waals surface area contributed by atoms with Crippen LogP contribution in [0.4, 0.5) is 5.69 Å². The first kappa shape index (κ1) is 48.7. The summed E-state index contributed by atoms with van der Waals surface area (Å²) in [7, 11) is 0. The molecule has 0 amide bonds. The van der Waals surface area contributed by atoms with E-state index in [4.69, 9.17) is 0 Å². The molecule has 0 fully saturated rings. The van der Waals surface area contributed by atoms with E-state index in [1.54, 1.807) is 0 Å². The van der Waals surface area contributed by atoms with Gasteiger partial charge in [-0.05, 0) is 142 Å². The van der Waals surface area contributed by atoms with Gasteiger partial charge in [-0.3, -0.25) is 0 Å². The van der Waals surface area contributed by atoms with E-state index in [9.17, 15) is 11.8 Å². The monoisotopic (exact) mass is 1090 g/mol. The van der Waals surface area contributed by atoms with Crippen LogP contribution in [-0.4, -0.2) is 18.3 Å². The molecule has 0 spiro atoms. The van der Waals surface area contributed by atoms with Gasteiger partial charge in [0, 0.05) is 65.8 Å². The van der Waals surface area contributed by atoms with Crippen molar-refractivity contribution in [2.24, 2.45) is 0 Å². The third-order valence-corrected chi connectivity index (χ3v) is 17.7. The summed E-state index contributed by atoms with van der Waals surface area (Å²) >= 11 is 0. The molecule has 4 aromatic heterocycles. The molecule has 0 saturated heterocycles. The van der Waals surface area contributed by atoms with Gasteiger partial charge in [-0.2, -0.15) is 5.26 Å². The summed E-state index contributed by atoms with van der Waals surface area (Å²) in [5.41, 5.74) is 19.9. The Bertz CT molecular complexity index is 4790. The molecular formula is C80H48N6. The van der Waals surface area contributed by atoms with Crippen molar-refractivity contribution >= 4 is 92.9 Å². The molecule has 0 aliphatic heterocycles. The Hall–Kier alpha value is -12.0. The van der Waals surface area contributed by atoms with Crippen LogP contribution in [-0.2, 0) is 0 Å². The predicted molar refractivity (Wildman–Crippen MR) is 357 cm³/mol. The number of hydrogen-bond acceptors (Lipinski definition) is 1. The van der Waals surface area contributed by atoms with Crippen LogP contribution in [0.1, 0.15) is 5.56 Å². The van der Waals surface area contributed by atoms with Gasteiger partial charge >= 0.3 is 0 Å². The van der Waals surface area contributed by atoms with Crippen LogP contribution < -0.4 is 0 Å². The zero-order chi connectivity index (χ0) is 57.0. The number of benzene rings is 13. The second kappa shape index (κ2) is 19.3. The highest BCUT2D eigenvalue weighted by Crippen LogP contribution is 2.54. The van der Waals surface area contributed by atoms with Gasteiger partial charge < -0.3 is 18.3 Å². The second-order valence-electron chi connectivity index (χ2n) is 22.1. The van der Waals surface area contributed by atoms with E-state index in [-0.39, 0.29) is 0 Å². The molecular weight excluding hydrogens is 1040 g/mol. The number of fused-ring (bicyclic) bond motifs is 12. The maximum atomic E-state index is 12.2. The lowest BCUT2D eigenvalue weighted by Crippen LogP contribution is -2.01. The second-order valence-corrected chi connectivity index (χ2v) is 22.1. The molecule has 13 aromatic carbocycles. The molecule has 0 saturated carbocycles. The molecule has 0 radical (unpaired) electrons. The standard InChI is InChI=1S/C80H48N6/c1-82-80-78(53-38-46-57(47-39-53)85-72-30-14-6-22-63(72)64-23-7-15-31-73(64)85)76(51-34-42-55(43-35-51)83-68-26-10-2-18-59(68)60-19-3-11-27-69(60)83)67(50-81)77(52-36-44-56(45-37-52)84-70-28-12-4-20-61(70)62-21-5-13-29-71(62)84)79(80)54-40-48-58(49-41-54)86-74-32-16-8-24-65(74)66-25-9-17-33-75(66)86/h2-49H. The SMILES string of the molecule is [C-]#[N+]c1c(-c2ccc(-n3c4ccccc4c4ccccc43)cc2)c(-c2ccc(-n3c4ccccc4c4ccccc43)cc2)c(C#N)c(-c2ccc(-n3c4ccccc4c4ccccc43)cc2)c1-c1ccc(-n2c3ccccc3c3ccccc32)cc1. The highest BCUT2D eigenvalue weighted by molar-refractivity contribution is 6.14. The van der Waals surface area contributed by atoms with E-state index in [1.165, 1.54) is 43.1 Å². The van der Waals surface area contributed by atoms with E-state index in [0.717, 1.165) is 89.1 Å². The molecule has 4 heterocycles. The number of rotatable bonds is 8. The zero-order valence-corrected chi connectivity index (χ0v) is 46.4. The highest BCUT2D eigenvalue weighted by Gasteiger charge is 2.29. The van der Waals surface area contributed by atoms with Crippen molar-refractivity contribution in [1.82, 2.24) is 18.3 Å². The number of nitriles is 1. The first-order valence-electron chi connectivity index (χ1n) is 29.0. The summed E-state index contributed by atoms with van der Waals surface area (Å²) in [5, 5.41) is 21.7. The van der Waals surface area contributed by atoms with Gasteiger partial charge in [0.15, 0.2) is 0 Å². The molecule has 0 atom stereocenters. The first-order valence-corrected chi connectivity index (χ1v) is 29.0. The van der Waals surface area contributed by atoms with Gasteiger partial charge in [-0.25, -0.2) is 4.85 Å². The van der Waals surface area contributed by atoms with Crippen molar-refractivity contribution in [3.8, 4) is 73.3 Å². The lowest BCUT2D eigenvalue weighted by molar-refractivity contribution is 1.18. The van der Waals surface area contributed by atoms with Crippen molar-refractivity contribution in [2.45, 2.75) is 0 Å². The van der Waals surface area contributed by atoms with Crippen LogP contribution in [0.5, 0.6) is 0 Å². The Labute approximate surface area is 495 Å². The zero-order valence-electron chi connectivity index (χ0n) is 46.4. The molecule has 0 aliphatic carbocycles. The molecule has 6 nitrogen and oxygen atoms in total. The summed E-state index contributed by atoms with van der Waals surface area (Å²) in [4.78, 5) is 4.65. The average Bonchev–Trinajstić information content (AvgIpc) is 2.52. The van der Waals surface area contributed by atoms with E-state index in [1.807, 2.05) is 0 Å². The van der Waals surface area contributed by atoms with Crippen LogP contribution >= 0.6 is 0 Å². The minimum atomic E-state index is 0.459. The molecule has 0 unspecified atom stereocenters. The summed E-state index contributed by atoms with van der Waals surface area (Å²) in [6, 6.07) is 105. The Morgan fingerprint density at radius 1 is 0.244 bits per heavy atom. The fourth-order valence-electron chi connectivity index (χ4n) is 14.0. The lowest BCUT2D eigenvalue weighted by Gasteiger charge is -2.24. The van der Waals surface area contributed by atoms with Crippen LogP contribution in [0.2, 0.25) is 0 Å². The maximum Gasteiger partial charge on any atom is 0.203 e. The van der Waals surface area contributed by atoms with Crippen LogP contribution in [0, 0.1) is 17.9 Å². The van der Waals surface area contributed by atoms with Gasteiger partial charge in [0.25, 0.3) is 0 Å². The largest absolute Gasteiger partial charge is 0.309 e. The Kier molecular flexibility index (Phi) is 11.0. The lowest BCUT2D eigenvalue weighted by atomic mass is 9.79. The molecule has 17 rings (SSSR count). The molecule has 17 aromatic rings. The topological polar surface area (TPSA) is 47.9 Å². The normalized spacial score (nSPS) is 11.7. The smallest absolute Gasteiger partial charge is 0.203 e. The maximum absolute atomic E-state index is 12.2. The number of hydrogen-bond donors (Lipinski definition) is 0. The molecule has 0 N–H and O–H groups in total. The summed E-state index contributed by atoms with van der Waals surface area (Å²) in [6.07, 6.45) is 0. The van der Waals surface area contributed by atoms with Gasteiger partial charge in [-0.1, -0.05) is 194 Å². The van der Waals surface area contributed by atoms with Crippen molar-refractivity contribution in [1.29, 1.82) is 5.26 Å². The molecule has 6 heteroatoms. The Morgan fingerprint density at radius 2 is 0.430 bits per heavy atom. The van der Waals surface area contributed by atoms with E-state index >= 15 is 0 Å². The third kappa shape index (κ3) is 7.24. The van der Waals surface area contributed by atoms with E-state index in [0.29, 0.717) is 33.5 Å². The van der Waals surface area contributed by atoms with Crippen molar-refractivity contribution in [3.05, 3.63) is 308 Å². The summed E-state index contributed by atoms with van der Waals surface area (Å²) in [5.74, 6) is 0. The highest BCUT2D eigenvalue weighted by atomic mass is 15.0. The minimum Gasteiger partial charge on any atom is -0.309 e. The fourth-order valence-corrected chi connectivity index (χ4v) is 14.0. The molecule has 86 heavy (non-hydrogen) atoms. The van der Waals surface area contributed by atoms with E-state index in [2.05, 4.69) is 320 Å². The van der Waals surface area contributed by atoms with Gasteiger partial charge in [0.05, 0.1) is 56.3 Å².